The molecule has 0 atom stereocenters. The lowest BCUT2D eigenvalue weighted by Crippen LogP contribution is -2.29. The highest BCUT2D eigenvalue weighted by Crippen LogP contribution is 2.26. The van der Waals surface area contributed by atoms with Crippen molar-refractivity contribution in [3.05, 3.63) is 173 Å². The molecule has 0 unspecified atom stereocenters. The molecule has 8 aromatic rings. The van der Waals surface area contributed by atoms with Crippen molar-refractivity contribution >= 4 is 70.2 Å². The monoisotopic (exact) mass is 936 g/mol. The Morgan fingerprint density at radius 2 is 1.06 bits per heavy atom. The molecule has 0 fully saturated rings. The highest BCUT2D eigenvalue weighted by Gasteiger charge is 2.19. The summed E-state index contributed by atoms with van der Waals surface area (Å²) in [6.45, 7) is 9.67. The number of nitrogens with one attached hydrogen (secondary N) is 2. The van der Waals surface area contributed by atoms with E-state index in [1.165, 1.54) is 24.4 Å². The second-order valence-electron chi connectivity index (χ2n) is 16.8. The Morgan fingerprint density at radius 1 is 0.603 bits per heavy atom. The van der Waals surface area contributed by atoms with E-state index in [2.05, 4.69) is 30.8 Å². The molecule has 0 spiro atoms. The van der Waals surface area contributed by atoms with Gasteiger partial charge in [0.2, 0.25) is 11.8 Å². The molecule has 0 saturated heterocycles. The van der Waals surface area contributed by atoms with E-state index in [0.717, 1.165) is 22.4 Å². The van der Waals surface area contributed by atoms with Gasteiger partial charge in [0.1, 0.15) is 5.15 Å². The molecule has 0 aliphatic heterocycles. The number of ketones is 2. The number of hydrogen-bond donors (Lipinski definition) is 6. The third kappa shape index (κ3) is 13.4. The largest absolute Gasteiger partial charge is 0.488 e. The zero-order valence-corrected chi connectivity index (χ0v) is 38.9. The van der Waals surface area contributed by atoms with Gasteiger partial charge in [0.15, 0.2) is 22.9 Å². The van der Waals surface area contributed by atoms with Crippen LogP contribution in [0.5, 0.6) is 0 Å². The van der Waals surface area contributed by atoms with Crippen molar-refractivity contribution in [3.8, 4) is 11.3 Å². The van der Waals surface area contributed by atoms with Crippen molar-refractivity contribution in [1.29, 1.82) is 0 Å². The van der Waals surface area contributed by atoms with Crippen molar-refractivity contribution in [2.24, 2.45) is 0 Å². The van der Waals surface area contributed by atoms with Crippen LogP contribution in [-0.2, 0) is 33.6 Å². The molecular formula is C50H50BClN8O8. The second-order valence-corrected chi connectivity index (χ2v) is 17.2. The van der Waals surface area contributed by atoms with Gasteiger partial charge in [-0.25, -0.2) is 19.0 Å². The minimum atomic E-state index is -1.51. The number of carbonyl (C=O) groups is 4. The van der Waals surface area contributed by atoms with E-state index in [1.54, 1.807) is 130 Å². The number of aromatic nitrogens is 6. The van der Waals surface area contributed by atoms with Crippen molar-refractivity contribution in [2.75, 3.05) is 10.6 Å². The molecule has 2 amide bonds. The molecule has 0 bridgehead atoms. The van der Waals surface area contributed by atoms with Crippen LogP contribution in [0.15, 0.2) is 134 Å². The first-order valence-electron chi connectivity index (χ1n) is 21.3. The summed E-state index contributed by atoms with van der Waals surface area (Å²) < 4.78 is 3.21. The zero-order valence-electron chi connectivity index (χ0n) is 38.2. The normalized spacial score (nSPS) is 11.2. The van der Waals surface area contributed by atoms with Crippen LogP contribution in [0.3, 0.4) is 0 Å². The Hall–Kier alpha value is -7.41. The maximum Gasteiger partial charge on any atom is 0.488 e. The molecule has 0 radical (unpaired) electrons. The maximum absolute atomic E-state index is 12.9. The van der Waals surface area contributed by atoms with Crippen molar-refractivity contribution in [3.63, 3.8) is 0 Å². The number of rotatable bonds is 12. The minimum Gasteiger partial charge on any atom is -0.423 e. The third-order valence-corrected chi connectivity index (χ3v) is 10.5. The van der Waals surface area contributed by atoms with Gasteiger partial charge in [0.25, 0.3) is 0 Å². The van der Waals surface area contributed by atoms with Gasteiger partial charge in [-0.15, -0.1) is 0 Å². The highest BCUT2D eigenvalue weighted by atomic mass is 35.5. The third-order valence-electron chi connectivity index (χ3n) is 10.3. The fourth-order valence-corrected chi connectivity index (χ4v) is 7.13. The molecule has 68 heavy (non-hydrogen) atoms. The predicted molar refractivity (Wildman–Crippen MR) is 261 cm³/mol. The van der Waals surface area contributed by atoms with Gasteiger partial charge in [-0.1, -0.05) is 84.4 Å². The number of benzene rings is 4. The summed E-state index contributed by atoms with van der Waals surface area (Å²) in [5.74, 6) is -0.464. The van der Waals surface area contributed by atoms with Crippen LogP contribution < -0.4 is 16.1 Å². The average molecular weight is 937 g/mol. The number of anilines is 2. The summed E-state index contributed by atoms with van der Waals surface area (Å²) in [4.78, 5) is 56.3. The summed E-state index contributed by atoms with van der Waals surface area (Å²) >= 11 is 6.13. The lowest BCUT2D eigenvalue weighted by atomic mass is 9.80. The molecule has 6 N–H and O–H groups in total. The quantitative estimate of drug-likeness (QED) is 0.0446. The summed E-state index contributed by atoms with van der Waals surface area (Å²) in [6.07, 6.45) is 3.55. The number of Topliss-reactive ketones (excluding diaryl/α,β-unsaturated/α-hetero) is 2. The SMILES string of the molecule is CC(=O)Nc1cccc(-c2cc(CC(=O)c3ccc(C(C)(C)O)cc3)nc3ccnn23)c1.CC(=O)Nc1cccc(B(O)O)c1.CC(C)(O)c1ccc(C(=O)Cc2cc(Cl)n3nccc3n2)cc1. The molecule has 4 aromatic carbocycles. The number of nitrogens with zero attached hydrogens (tertiary/aromatic N) is 6. The fourth-order valence-electron chi connectivity index (χ4n) is 6.88. The van der Waals surface area contributed by atoms with Gasteiger partial charge in [0.05, 0.1) is 53.5 Å². The Kier molecular flexibility index (Phi) is 15.8. The smallest absolute Gasteiger partial charge is 0.423 e. The van der Waals surface area contributed by atoms with E-state index in [0.29, 0.717) is 55.8 Å². The number of fused-ring (bicyclic) bond motifs is 2. The van der Waals surface area contributed by atoms with E-state index >= 15 is 0 Å². The van der Waals surface area contributed by atoms with E-state index in [9.17, 15) is 29.4 Å². The number of halogens is 1. The van der Waals surface area contributed by atoms with Gasteiger partial charge in [-0.2, -0.15) is 10.2 Å². The maximum atomic E-state index is 12.9. The topological polar surface area (TPSA) is 234 Å². The Bertz CT molecular complexity index is 3090. The van der Waals surface area contributed by atoms with Crippen LogP contribution in [0.1, 0.15) is 84.8 Å². The zero-order chi connectivity index (χ0) is 49.3. The molecule has 4 heterocycles. The molecule has 4 aromatic heterocycles. The summed E-state index contributed by atoms with van der Waals surface area (Å²) in [5.41, 5.74) is 6.40. The van der Waals surface area contributed by atoms with Gasteiger partial charge < -0.3 is 30.9 Å². The van der Waals surface area contributed by atoms with Crippen molar-refractivity contribution < 1.29 is 39.4 Å². The van der Waals surface area contributed by atoms with Gasteiger partial charge in [0, 0.05) is 54.0 Å². The summed E-state index contributed by atoms with van der Waals surface area (Å²) in [6, 6.07) is 34.8. The van der Waals surface area contributed by atoms with Crippen LogP contribution in [0, 0.1) is 0 Å². The molecule has 348 valence electrons. The highest BCUT2D eigenvalue weighted by molar-refractivity contribution is 6.58. The Morgan fingerprint density at radius 3 is 1.54 bits per heavy atom. The first kappa shape index (κ1) is 50.0. The first-order chi connectivity index (χ1) is 32.1. The van der Waals surface area contributed by atoms with Crippen LogP contribution in [0.4, 0.5) is 11.4 Å². The van der Waals surface area contributed by atoms with Crippen LogP contribution in [0.2, 0.25) is 5.15 Å². The first-order valence-corrected chi connectivity index (χ1v) is 21.7. The molecule has 8 rings (SSSR count). The van der Waals surface area contributed by atoms with E-state index in [-0.39, 0.29) is 36.2 Å². The number of carbonyl (C=O) groups excluding carboxylic acids is 4. The minimum absolute atomic E-state index is 0.0558. The van der Waals surface area contributed by atoms with Crippen LogP contribution >= 0.6 is 11.6 Å². The molecule has 0 saturated carbocycles. The van der Waals surface area contributed by atoms with Gasteiger partial charge >= 0.3 is 7.12 Å². The van der Waals surface area contributed by atoms with Crippen LogP contribution in [0.25, 0.3) is 22.6 Å². The lowest BCUT2D eigenvalue weighted by Gasteiger charge is -2.17. The predicted octanol–water partition coefficient (Wildman–Crippen LogP) is 6.37. The second kappa shape index (κ2) is 21.5. The Balaban J connectivity index is 0.000000184. The lowest BCUT2D eigenvalue weighted by molar-refractivity contribution is -0.115. The van der Waals surface area contributed by atoms with Gasteiger partial charge in [-0.3, -0.25) is 19.2 Å². The molecule has 16 nitrogen and oxygen atoms in total. The molecule has 0 aliphatic rings. The molecular weight excluding hydrogens is 887 g/mol. The van der Waals surface area contributed by atoms with E-state index in [4.69, 9.17) is 21.6 Å². The standard InChI is InChI=1S/C25H24N4O3.C17H16ClN3O2.C8H10BNO3/c1-16(30)27-20-6-4-5-18(13-20)22-14-21(28-24-11-12-26-29(22)24)15-23(31)17-7-9-19(10-8-17)25(2,3)32;1-17(2,23)12-5-3-11(4-6-12)14(22)9-13-10-15(18)21-16(20-13)7-8-19-21;1-6(11)10-8-4-2-3-7(5-8)9(12)13/h4-14,32H,15H2,1-3H3,(H,27,30);3-8,10,23H,9H2,1-2H3;2-5,12-13H,1H3,(H,10,11). The summed E-state index contributed by atoms with van der Waals surface area (Å²) in [7, 11) is -1.51. The summed E-state index contributed by atoms with van der Waals surface area (Å²) in [5, 5.41) is 51.8. The van der Waals surface area contributed by atoms with Crippen molar-refractivity contribution in [1.82, 2.24) is 29.2 Å². The number of aliphatic hydroxyl groups is 2. The van der Waals surface area contributed by atoms with Crippen LogP contribution in [-0.4, -0.2) is 80.0 Å². The number of hydrogen-bond acceptors (Lipinski definition) is 12. The molecule has 18 heteroatoms. The fraction of sp³-hybridized carbons (Fsp3) is 0.200. The Labute approximate surface area is 397 Å². The van der Waals surface area contributed by atoms with E-state index in [1.807, 2.05) is 30.3 Å². The molecule has 0 aliphatic carbocycles. The van der Waals surface area contributed by atoms with Crippen molar-refractivity contribution in [2.45, 2.75) is 65.6 Å². The van der Waals surface area contributed by atoms with E-state index < -0.39 is 18.3 Å². The average Bonchev–Trinajstić information content (AvgIpc) is 3.96. The van der Waals surface area contributed by atoms with Gasteiger partial charge in [-0.05, 0) is 80.7 Å². The number of amides is 2.